The minimum absolute atomic E-state index is 0.00627. The van der Waals surface area contributed by atoms with Crippen molar-refractivity contribution in [2.75, 3.05) is 16.6 Å². The Kier molecular flexibility index (Phi) is 6.58. The second-order valence-corrected chi connectivity index (χ2v) is 13.5. The van der Waals surface area contributed by atoms with Crippen molar-refractivity contribution >= 4 is 45.9 Å². The van der Waals surface area contributed by atoms with E-state index in [0.717, 1.165) is 23.1 Å². The van der Waals surface area contributed by atoms with E-state index in [9.17, 15) is 23.2 Å². The van der Waals surface area contributed by atoms with Gasteiger partial charge in [-0.1, -0.05) is 41.1 Å². The van der Waals surface area contributed by atoms with Gasteiger partial charge in [-0.25, -0.2) is 13.4 Å². The van der Waals surface area contributed by atoms with Gasteiger partial charge in [-0.15, -0.1) is 5.10 Å². The van der Waals surface area contributed by atoms with Crippen molar-refractivity contribution in [3.63, 3.8) is 0 Å². The molecule has 3 heterocycles. The minimum Gasteiger partial charge on any atom is -0.387 e. The van der Waals surface area contributed by atoms with Crippen LogP contribution in [0.5, 0.6) is 0 Å². The number of nitrogens with zero attached hydrogens (tertiary/aromatic N) is 4. The lowest BCUT2D eigenvalue weighted by Gasteiger charge is -2.17. The number of benzene rings is 1. The third-order valence-corrected chi connectivity index (χ3v) is 10.2. The van der Waals surface area contributed by atoms with Crippen LogP contribution in [-0.2, 0) is 25.6 Å². The molecule has 5 N–H and O–H groups in total. The number of hydrogen-bond donors (Lipinski definition) is 5. The summed E-state index contributed by atoms with van der Waals surface area (Å²) >= 11 is 6.26. The zero-order valence-corrected chi connectivity index (χ0v) is 21.0. The van der Waals surface area contributed by atoms with E-state index >= 15 is 0 Å². The van der Waals surface area contributed by atoms with E-state index in [0.29, 0.717) is 11.2 Å². The predicted molar refractivity (Wildman–Crippen MR) is 128 cm³/mol. The molecule has 2 aliphatic rings. The highest BCUT2D eigenvalue weighted by atomic mass is 35.5. The van der Waals surface area contributed by atoms with Gasteiger partial charge in [0, 0.05) is 6.07 Å². The number of aromatic nitrogens is 4. The lowest BCUT2D eigenvalue weighted by Crippen LogP contribution is -2.36. The third-order valence-electron chi connectivity index (χ3n) is 6.23. The molecule has 16 heteroatoms. The summed E-state index contributed by atoms with van der Waals surface area (Å²) in [5.74, 6) is -0.915. The number of nitrogens with one attached hydrogen (secondary N) is 1. The monoisotopic (exact) mass is 559 g/mol. The molecule has 5 rings (SSSR count). The highest BCUT2D eigenvalue weighted by Crippen LogP contribution is 2.39. The van der Waals surface area contributed by atoms with E-state index < -0.39 is 53.2 Å². The van der Waals surface area contributed by atoms with Gasteiger partial charge in [0.25, 0.3) is 0 Å². The summed E-state index contributed by atoms with van der Waals surface area (Å²) in [6.07, 6.45) is -4.36. The van der Waals surface area contributed by atoms with Crippen molar-refractivity contribution in [3.05, 3.63) is 46.6 Å². The third kappa shape index (κ3) is 5.00. The van der Waals surface area contributed by atoms with Gasteiger partial charge in [-0.05, 0) is 24.0 Å². The Labute approximate surface area is 210 Å². The van der Waals surface area contributed by atoms with Crippen molar-refractivity contribution in [1.82, 2.24) is 20.0 Å². The van der Waals surface area contributed by atoms with Crippen molar-refractivity contribution in [2.24, 2.45) is 0 Å². The zero-order chi connectivity index (χ0) is 25.8. The van der Waals surface area contributed by atoms with Crippen molar-refractivity contribution in [1.29, 1.82) is 0 Å². The fourth-order valence-electron chi connectivity index (χ4n) is 4.69. The smallest absolute Gasteiger partial charge is 0.340 e. The number of aliphatic hydroxyl groups excluding tert-OH is 2. The van der Waals surface area contributed by atoms with E-state index in [1.807, 2.05) is 18.2 Å². The molecule has 0 amide bonds. The first-order chi connectivity index (χ1) is 16.9. The number of ether oxygens (including phenoxy) is 1. The molecule has 0 spiro atoms. The zero-order valence-electron chi connectivity index (χ0n) is 18.5. The molecule has 5 atom stereocenters. The molecule has 2 aromatic heterocycles. The number of fused-ring (bicyclic) bond motifs is 2. The first-order valence-corrected chi connectivity index (χ1v) is 14.9. The molecule has 0 saturated carbocycles. The number of aryl methyl sites for hydroxylation is 1. The Bertz CT molecular complexity index is 1460. The maximum atomic E-state index is 12.2. The van der Waals surface area contributed by atoms with Gasteiger partial charge in [-0.2, -0.15) is 4.68 Å². The molecule has 1 saturated heterocycles. The van der Waals surface area contributed by atoms with Crippen LogP contribution in [0.1, 0.15) is 29.8 Å². The van der Waals surface area contributed by atoms with Gasteiger partial charge in [-0.3, -0.25) is 4.57 Å². The lowest BCUT2D eigenvalue weighted by atomic mass is 10.1. The van der Waals surface area contributed by atoms with Crippen LogP contribution in [0.15, 0.2) is 30.3 Å². The average molecular weight is 560 g/mol. The summed E-state index contributed by atoms with van der Waals surface area (Å²) in [6.45, 7) is 0. The van der Waals surface area contributed by atoms with E-state index in [2.05, 4.69) is 26.7 Å². The molecule has 0 bridgehead atoms. The molecule has 13 nitrogen and oxygen atoms in total. The summed E-state index contributed by atoms with van der Waals surface area (Å²) in [7, 11) is -9.18. The Hall–Kier alpha value is -2.16. The van der Waals surface area contributed by atoms with Crippen LogP contribution in [0.3, 0.4) is 0 Å². The van der Waals surface area contributed by atoms with Crippen LogP contribution in [-0.4, -0.2) is 78.0 Å². The normalized spacial score (nSPS) is 26.4. The number of rotatable bonds is 7. The summed E-state index contributed by atoms with van der Waals surface area (Å²) < 4.78 is 42.1. The van der Waals surface area contributed by atoms with Gasteiger partial charge in [0.2, 0.25) is 0 Å². The predicted octanol–water partition coefficient (Wildman–Crippen LogP) is 0.748. The molecule has 1 aliphatic carbocycles. The number of pyridine rings is 1. The van der Waals surface area contributed by atoms with Crippen LogP contribution in [0.4, 0.5) is 5.69 Å². The molecule has 36 heavy (non-hydrogen) atoms. The van der Waals surface area contributed by atoms with Crippen LogP contribution in [0.25, 0.3) is 11.2 Å². The lowest BCUT2D eigenvalue weighted by molar-refractivity contribution is -0.0375. The molecule has 1 aliphatic heterocycles. The van der Waals surface area contributed by atoms with Gasteiger partial charge in [0.05, 0.1) is 17.5 Å². The topological polar surface area (TPSA) is 197 Å². The number of aliphatic hydroxyl groups is 2. The molecular weight excluding hydrogens is 537 g/mol. The van der Waals surface area contributed by atoms with Gasteiger partial charge in [0.15, 0.2) is 32.7 Å². The Morgan fingerprint density at radius 2 is 1.97 bits per heavy atom. The Morgan fingerprint density at radius 3 is 2.72 bits per heavy atom. The maximum Gasteiger partial charge on any atom is 0.340 e. The van der Waals surface area contributed by atoms with Gasteiger partial charge < -0.3 is 30.1 Å². The van der Waals surface area contributed by atoms with Crippen molar-refractivity contribution in [3.8, 4) is 0 Å². The molecule has 1 unspecified atom stereocenters. The number of anilines is 1. The Balaban J connectivity index is 1.42. The number of sulfone groups is 1. The SMILES string of the molecule is O=P(O)(O)CS(=O)(=O)C[C@H]1O[C@@H](n2nnc3c(NC4CCc5ccccc54)cc(Cl)nc32)[C@H](O)[C@@H]1O. The van der Waals surface area contributed by atoms with E-state index in [-0.39, 0.29) is 16.8 Å². The fraction of sp³-hybridized carbons (Fsp3) is 0.450. The second kappa shape index (κ2) is 9.30. The molecule has 1 fully saturated rings. The highest BCUT2D eigenvalue weighted by Gasteiger charge is 2.47. The molecule has 194 valence electrons. The second-order valence-electron chi connectivity index (χ2n) is 8.88. The van der Waals surface area contributed by atoms with Gasteiger partial charge >= 0.3 is 7.60 Å². The summed E-state index contributed by atoms with van der Waals surface area (Å²) in [5.41, 5.74) is 2.00. The largest absolute Gasteiger partial charge is 0.387 e. The van der Waals surface area contributed by atoms with E-state index in [1.54, 1.807) is 6.07 Å². The molecule has 0 radical (unpaired) electrons. The minimum atomic E-state index is -4.87. The first kappa shape index (κ1) is 25.5. The quantitative estimate of drug-likeness (QED) is 0.201. The Morgan fingerprint density at radius 1 is 1.22 bits per heavy atom. The average Bonchev–Trinajstić information content (AvgIpc) is 3.45. The molecule has 3 aromatic rings. The summed E-state index contributed by atoms with van der Waals surface area (Å²) in [4.78, 5) is 22.2. The molecular formula is C20H23ClN5O8PS. The fourth-order valence-corrected chi connectivity index (χ4v) is 8.13. The van der Waals surface area contributed by atoms with Crippen molar-refractivity contribution in [2.45, 2.75) is 43.4 Å². The van der Waals surface area contributed by atoms with Crippen LogP contribution in [0, 0.1) is 0 Å². The van der Waals surface area contributed by atoms with Crippen LogP contribution < -0.4 is 5.32 Å². The molecule has 1 aromatic carbocycles. The van der Waals surface area contributed by atoms with E-state index in [4.69, 9.17) is 26.1 Å². The summed E-state index contributed by atoms with van der Waals surface area (Å²) in [6, 6.07) is 9.67. The standard InChI is InChI=1S/C20H23ClN5O8PS/c21-15-7-13(22-12-6-5-10-3-1-2-4-11(10)12)16-19(23-15)26(25-24-16)20-18(28)17(27)14(34-20)8-36(32,33)9-35(29,30)31/h1-4,7,12,14,17-18,20,27-28H,5-6,8-9H2,(H,22,23)(H2,29,30,31)/t12?,14-,17-,18-,20-/m1/s1. The number of hydrogen-bond acceptors (Lipinski definition) is 10. The summed E-state index contributed by atoms with van der Waals surface area (Å²) in [5, 5.41) is 32.7. The van der Waals surface area contributed by atoms with Crippen molar-refractivity contribution < 1.29 is 37.7 Å². The van der Waals surface area contributed by atoms with E-state index in [1.165, 1.54) is 5.56 Å². The van der Waals surface area contributed by atoms with Crippen LogP contribution >= 0.6 is 19.2 Å². The van der Waals surface area contributed by atoms with Gasteiger partial charge in [0.1, 0.15) is 23.5 Å². The highest BCUT2D eigenvalue weighted by molar-refractivity contribution is 7.97. The number of halogens is 1. The maximum absolute atomic E-state index is 12.2. The van der Waals surface area contributed by atoms with Crippen LogP contribution in [0.2, 0.25) is 5.15 Å². The first-order valence-electron chi connectivity index (χ1n) is 10.9.